The van der Waals surface area contributed by atoms with Crippen LogP contribution >= 0.6 is 0 Å². The molecule has 0 radical (unpaired) electrons. The van der Waals surface area contributed by atoms with Gasteiger partial charge in [0.05, 0.1) is 0 Å². The van der Waals surface area contributed by atoms with E-state index in [9.17, 15) is 0 Å². The van der Waals surface area contributed by atoms with Crippen molar-refractivity contribution < 1.29 is 0 Å². The zero-order valence-corrected chi connectivity index (χ0v) is 9.22. The molecule has 1 aromatic carbocycles. The SMILES string of the molecule is Cc1cccc2c3c([nH]c12)C(C)CNC3. The van der Waals surface area contributed by atoms with Crippen molar-refractivity contribution in [2.24, 2.45) is 0 Å². The minimum Gasteiger partial charge on any atom is -0.358 e. The summed E-state index contributed by atoms with van der Waals surface area (Å²) in [4.78, 5) is 3.59. The number of aromatic amines is 1. The zero-order chi connectivity index (χ0) is 10.4. The van der Waals surface area contributed by atoms with Gasteiger partial charge in [-0.3, -0.25) is 0 Å². The lowest BCUT2D eigenvalue weighted by molar-refractivity contribution is 0.565. The van der Waals surface area contributed by atoms with Crippen LogP contribution in [0.25, 0.3) is 10.9 Å². The minimum atomic E-state index is 0.598. The molecule has 0 saturated carbocycles. The Balaban J connectivity index is 2.35. The van der Waals surface area contributed by atoms with Gasteiger partial charge in [-0.15, -0.1) is 0 Å². The largest absolute Gasteiger partial charge is 0.358 e. The van der Waals surface area contributed by atoms with Crippen LogP contribution < -0.4 is 5.32 Å². The lowest BCUT2D eigenvalue weighted by atomic mass is 9.98. The number of para-hydroxylation sites is 1. The van der Waals surface area contributed by atoms with E-state index in [1.54, 1.807) is 0 Å². The lowest BCUT2D eigenvalue weighted by Crippen LogP contribution is -2.26. The zero-order valence-electron chi connectivity index (χ0n) is 9.22. The Labute approximate surface area is 89.7 Å². The molecular formula is C13H16N2. The van der Waals surface area contributed by atoms with Gasteiger partial charge in [0.1, 0.15) is 0 Å². The molecular weight excluding hydrogens is 184 g/mol. The number of benzene rings is 1. The highest BCUT2D eigenvalue weighted by Gasteiger charge is 2.20. The maximum atomic E-state index is 3.59. The van der Waals surface area contributed by atoms with Gasteiger partial charge in [-0.25, -0.2) is 0 Å². The molecule has 0 bridgehead atoms. The Hall–Kier alpha value is -1.28. The van der Waals surface area contributed by atoms with E-state index in [0.717, 1.165) is 13.1 Å². The van der Waals surface area contributed by atoms with Gasteiger partial charge in [0.25, 0.3) is 0 Å². The molecule has 0 fully saturated rings. The van der Waals surface area contributed by atoms with Gasteiger partial charge in [0, 0.05) is 35.6 Å². The van der Waals surface area contributed by atoms with E-state index in [1.807, 2.05) is 0 Å². The molecule has 1 aliphatic heterocycles. The summed E-state index contributed by atoms with van der Waals surface area (Å²) in [7, 11) is 0. The summed E-state index contributed by atoms with van der Waals surface area (Å²) in [6, 6.07) is 6.53. The fourth-order valence-electron chi connectivity index (χ4n) is 2.57. The second-order valence-electron chi connectivity index (χ2n) is 4.55. The Morgan fingerprint density at radius 3 is 3.07 bits per heavy atom. The van der Waals surface area contributed by atoms with Crippen LogP contribution in [0.3, 0.4) is 0 Å². The maximum absolute atomic E-state index is 3.59. The first-order valence-electron chi connectivity index (χ1n) is 5.58. The van der Waals surface area contributed by atoms with Crippen molar-refractivity contribution in [3.05, 3.63) is 35.0 Å². The number of nitrogens with one attached hydrogen (secondary N) is 2. The third kappa shape index (κ3) is 1.21. The summed E-state index contributed by atoms with van der Waals surface area (Å²) < 4.78 is 0. The highest BCUT2D eigenvalue weighted by atomic mass is 14.9. The van der Waals surface area contributed by atoms with Crippen molar-refractivity contribution in [3.63, 3.8) is 0 Å². The molecule has 3 rings (SSSR count). The fourth-order valence-corrected chi connectivity index (χ4v) is 2.57. The van der Waals surface area contributed by atoms with Gasteiger partial charge in [0.2, 0.25) is 0 Å². The average molecular weight is 200 g/mol. The number of hydrogen-bond donors (Lipinski definition) is 2. The normalized spacial score (nSPS) is 20.5. The Morgan fingerprint density at radius 2 is 2.20 bits per heavy atom. The van der Waals surface area contributed by atoms with Crippen LogP contribution in [0.4, 0.5) is 0 Å². The maximum Gasteiger partial charge on any atom is 0.0489 e. The van der Waals surface area contributed by atoms with Gasteiger partial charge in [0.15, 0.2) is 0 Å². The van der Waals surface area contributed by atoms with E-state index in [2.05, 4.69) is 42.3 Å². The molecule has 2 N–H and O–H groups in total. The number of aromatic nitrogens is 1. The lowest BCUT2D eigenvalue weighted by Gasteiger charge is -2.19. The molecule has 1 atom stereocenters. The van der Waals surface area contributed by atoms with Gasteiger partial charge in [-0.1, -0.05) is 25.1 Å². The average Bonchev–Trinajstić information content (AvgIpc) is 2.60. The third-order valence-electron chi connectivity index (χ3n) is 3.43. The van der Waals surface area contributed by atoms with Crippen LogP contribution in [0.1, 0.15) is 29.7 Å². The second-order valence-corrected chi connectivity index (χ2v) is 4.55. The Morgan fingerprint density at radius 1 is 1.33 bits per heavy atom. The van der Waals surface area contributed by atoms with E-state index >= 15 is 0 Å². The molecule has 78 valence electrons. The summed E-state index contributed by atoms with van der Waals surface area (Å²) in [5, 5.41) is 4.86. The van der Waals surface area contributed by atoms with Gasteiger partial charge in [-0.2, -0.15) is 0 Å². The molecule has 1 aromatic heterocycles. The summed E-state index contributed by atoms with van der Waals surface area (Å²) in [6.45, 7) is 6.53. The van der Waals surface area contributed by atoms with E-state index in [4.69, 9.17) is 0 Å². The smallest absolute Gasteiger partial charge is 0.0489 e. The van der Waals surface area contributed by atoms with Crippen molar-refractivity contribution in [1.29, 1.82) is 0 Å². The Kier molecular flexibility index (Phi) is 1.86. The molecule has 15 heavy (non-hydrogen) atoms. The van der Waals surface area contributed by atoms with Crippen molar-refractivity contribution in [1.82, 2.24) is 10.3 Å². The number of aryl methyl sites for hydroxylation is 1. The predicted octanol–water partition coefficient (Wildman–Crippen LogP) is 2.68. The molecule has 2 nitrogen and oxygen atoms in total. The molecule has 2 aromatic rings. The quantitative estimate of drug-likeness (QED) is 0.672. The van der Waals surface area contributed by atoms with Gasteiger partial charge < -0.3 is 10.3 Å². The van der Waals surface area contributed by atoms with Crippen molar-refractivity contribution in [2.75, 3.05) is 6.54 Å². The molecule has 1 aliphatic rings. The van der Waals surface area contributed by atoms with Crippen LogP contribution in [-0.4, -0.2) is 11.5 Å². The van der Waals surface area contributed by atoms with Crippen LogP contribution in [-0.2, 0) is 6.54 Å². The number of hydrogen-bond acceptors (Lipinski definition) is 1. The van der Waals surface area contributed by atoms with Crippen molar-refractivity contribution >= 4 is 10.9 Å². The first-order valence-corrected chi connectivity index (χ1v) is 5.58. The molecule has 0 saturated heterocycles. The molecule has 2 heteroatoms. The van der Waals surface area contributed by atoms with E-state index in [1.165, 1.54) is 27.7 Å². The third-order valence-corrected chi connectivity index (χ3v) is 3.43. The highest BCUT2D eigenvalue weighted by molar-refractivity contribution is 5.87. The van der Waals surface area contributed by atoms with E-state index in [0.29, 0.717) is 5.92 Å². The van der Waals surface area contributed by atoms with Crippen LogP contribution in [0.2, 0.25) is 0 Å². The summed E-state index contributed by atoms with van der Waals surface area (Å²) in [6.07, 6.45) is 0. The number of fused-ring (bicyclic) bond motifs is 3. The van der Waals surface area contributed by atoms with Crippen molar-refractivity contribution in [3.8, 4) is 0 Å². The molecule has 0 amide bonds. The van der Waals surface area contributed by atoms with Crippen molar-refractivity contribution in [2.45, 2.75) is 26.3 Å². The Bertz CT molecular complexity index is 510. The summed E-state index contributed by atoms with van der Waals surface area (Å²) in [5.74, 6) is 0.598. The van der Waals surface area contributed by atoms with Gasteiger partial charge >= 0.3 is 0 Å². The highest BCUT2D eigenvalue weighted by Crippen LogP contribution is 2.31. The molecule has 1 unspecified atom stereocenters. The molecule has 0 spiro atoms. The summed E-state index contributed by atoms with van der Waals surface area (Å²) in [5.41, 5.74) is 5.55. The second kappa shape index (κ2) is 3.11. The van der Waals surface area contributed by atoms with E-state index in [-0.39, 0.29) is 0 Å². The van der Waals surface area contributed by atoms with Crippen LogP contribution in [0, 0.1) is 6.92 Å². The standard InChI is InChI=1S/C13H16N2/c1-8-4-3-5-10-11-7-14-6-9(2)13(11)15-12(8)10/h3-5,9,14-15H,6-7H2,1-2H3. The minimum absolute atomic E-state index is 0.598. The van der Waals surface area contributed by atoms with E-state index < -0.39 is 0 Å². The first kappa shape index (κ1) is 8.98. The monoisotopic (exact) mass is 200 g/mol. The molecule has 2 heterocycles. The molecule has 0 aliphatic carbocycles. The topological polar surface area (TPSA) is 27.8 Å². The first-order chi connectivity index (χ1) is 7.27. The predicted molar refractivity (Wildman–Crippen MR) is 63.2 cm³/mol. The number of H-pyrrole nitrogens is 1. The van der Waals surface area contributed by atoms with Crippen LogP contribution in [0.15, 0.2) is 18.2 Å². The van der Waals surface area contributed by atoms with Crippen LogP contribution in [0.5, 0.6) is 0 Å². The number of rotatable bonds is 0. The summed E-state index contributed by atoms with van der Waals surface area (Å²) >= 11 is 0. The van der Waals surface area contributed by atoms with Gasteiger partial charge in [-0.05, 0) is 18.1 Å². The fraction of sp³-hybridized carbons (Fsp3) is 0.385.